The number of carbonyl (C=O) groups excluding carboxylic acids is 2. The zero-order valence-corrected chi connectivity index (χ0v) is 27.6. The summed E-state index contributed by atoms with van der Waals surface area (Å²) in [5.41, 5.74) is -1.10. The molecule has 0 heterocycles. The fraction of sp³-hybridized carbons (Fsp3) is 0.459. The van der Waals surface area contributed by atoms with Crippen molar-refractivity contribution in [2.75, 3.05) is 19.8 Å². The van der Waals surface area contributed by atoms with Crippen LogP contribution in [-0.4, -0.2) is 44.0 Å². The second kappa shape index (κ2) is 19.2. The van der Waals surface area contributed by atoms with Gasteiger partial charge in [0.05, 0.1) is 23.3 Å². The highest BCUT2D eigenvalue weighted by atomic mass is 19.4. The molecule has 0 aromatic heterocycles. The number of ether oxygens (including phenoxy) is 4. The molecule has 0 unspecified atom stereocenters. The van der Waals surface area contributed by atoms with E-state index in [4.69, 9.17) is 14.2 Å². The Hall–Kier alpha value is -4.06. The number of hydrogen-bond acceptors (Lipinski definition) is 6. The van der Waals surface area contributed by atoms with Crippen molar-refractivity contribution in [2.24, 2.45) is 0 Å². The molecular weight excluding hydrogens is 654 g/mol. The van der Waals surface area contributed by atoms with Crippen LogP contribution in [0.4, 0.5) is 26.3 Å². The van der Waals surface area contributed by atoms with E-state index >= 15 is 0 Å². The van der Waals surface area contributed by atoms with Gasteiger partial charge in [0, 0.05) is 13.2 Å². The zero-order valence-electron chi connectivity index (χ0n) is 27.6. The van der Waals surface area contributed by atoms with E-state index in [0.717, 1.165) is 35.8 Å². The Morgan fingerprint density at radius 2 is 1.27 bits per heavy atom. The van der Waals surface area contributed by atoms with E-state index in [9.17, 15) is 35.9 Å². The number of hydrogen-bond donors (Lipinski definition) is 0. The van der Waals surface area contributed by atoms with E-state index in [2.05, 4.69) is 11.7 Å². The zero-order chi connectivity index (χ0) is 35.9. The first-order chi connectivity index (χ1) is 23.3. The Labute approximate surface area is 282 Å². The molecule has 3 aromatic carbocycles. The number of halogens is 6. The Kier molecular flexibility index (Phi) is 15.4. The van der Waals surface area contributed by atoms with Gasteiger partial charge in [-0.1, -0.05) is 69.7 Å². The Balaban J connectivity index is 1.61. The van der Waals surface area contributed by atoms with Crippen LogP contribution in [-0.2, 0) is 15.7 Å². The van der Waals surface area contributed by atoms with E-state index in [1.54, 1.807) is 19.1 Å². The van der Waals surface area contributed by atoms with E-state index in [-0.39, 0.29) is 25.2 Å². The standard InChI is InChI=1S/C37H42F6O6/c1-3-5-6-7-8-9-10-24-47-29-19-17-27(18-20-29)26-13-15-28(16-14-26)34(44)48-30-21-22-31(32(25-30)36(38,39)40)35(45)49-33(37(41,42)43)12-11-23-46-4-2/h13-22,25,33H,3-12,23-24H2,1-2H3/t33-/m1/s1. The molecule has 1 atom stereocenters. The largest absolute Gasteiger partial charge is 0.494 e. The van der Waals surface area contributed by atoms with Gasteiger partial charge >= 0.3 is 24.3 Å². The summed E-state index contributed by atoms with van der Waals surface area (Å²) < 4.78 is 102. The lowest BCUT2D eigenvalue weighted by Crippen LogP contribution is -2.34. The first kappa shape index (κ1) is 39.4. The Bertz CT molecular complexity index is 1450. The SMILES string of the molecule is CCCCCCCCCOc1ccc(-c2ccc(C(=O)Oc3ccc(C(=O)O[C@H](CCCOCC)C(F)(F)F)c(C(F)(F)F)c3)cc2)cc1. The molecule has 0 saturated carbocycles. The summed E-state index contributed by atoms with van der Waals surface area (Å²) in [6.07, 6.45) is -5.30. The van der Waals surface area contributed by atoms with Gasteiger partial charge in [-0.2, -0.15) is 26.3 Å². The van der Waals surface area contributed by atoms with Gasteiger partial charge < -0.3 is 18.9 Å². The molecule has 0 amide bonds. The highest BCUT2D eigenvalue weighted by molar-refractivity contribution is 5.93. The second-order valence-electron chi connectivity index (χ2n) is 11.4. The maximum Gasteiger partial charge on any atom is 0.425 e. The highest BCUT2D eigenvalue weighted by Crippen LogP contribution is 2.36. The third-order valence-electron chi connectivity index (χ3n) is 7.63. The first-order valence-electron chi connectivity index (χ1n) is 16.5. The number of benzene rings is 3. The van der Waals surface area contributed by atoms with E-state index in [1.165, 1.54) is 44.2 Å². The smallest absolute Gasteiger partial charge is 0.425 e. The molecule has 12 heteroatoms. The summed E-state index contributed by atoms with van der Waals surface area (Å²) in [7, 11) is 0. The molecule has 0 saturated heterocycles. The predicted molar refractivity (Wildman–Crippen MR) is 173 cm³/mol. The van der Waals surface area contributed by atoms with Crippen LogP contribution in [0.25, 0.3) is 11.1 Å². The van der Waals surface area contributed by atoms with Gasteiger partial charge in [0.1, 0.15) is 11.5 Å². The van der Waals surface area contributed by atoms with Gasteiger partial charge in [-0.05, 0) is 79.8 Å². The van der Waals surface area contributed by atoms with Crippen LogP contribution in [0.1, 0.15) is 97.9 Å². The van der Waals surface area contributed by atoms with Gasteiger partial charge in [0.2, 0.25) is 0 Å². The van der Waals surface area contributed by atoms with E-state index in [1.807, 2.05) is 24.3 Å². The molecule has 0 aliphatic carbocycles. The summed E-state index contributed by atoms with van der Waals surface area (Å²) in [4.78, 5) is 25.3. The number of unbranched alkanes of at least 4 members (excludes halogenated alkanes) is 6. The van der Waals surface area contributed by atoms with Crippen LogP contribution in [0.5, 0.6) is 11.5 Å². The minimum absolute atomic E-state index is 0.0375. The van der Waals surface area contributed by atoms with Gasteiger partial charge in [0.15, 0.2) is 6.10 Å². The number of esters is 2. The average molecular weight is 697 g/mol. The van der Waals surface area contributed by atoms with Gasteiger partial charge in [-0.25, -0.2) is 9.59 Å². The number of rotatable bonds is 19. The highest BCUT2D eigenvalue weighted by Gasteiger charge is 2.44. The maximum atomic E-state index is 13.9. The average Bonchev–Trinajstić information content (AvgIpc) is 3.06. The lowest BCUT2D eigenvalue weighted by Gasteiger charge is -2.22. The lowest BCUT2D eigenvalue weighted by molar-refractivity contribution is -0.206. The van der Waals surface area contributed by atoms with E-state index in [0.29, 0.717) is 18.7 Å². The summed E-state index contributed by atoms with van der Waals surface area (Å²) in [6, 6.07) is 15.5. The molecule has 268 valence electrons. The Morgan fingerprint density at radius 1 is 0.673 bits per heavy atom. The molecule has 0 spiro atoms. The molecule has 0 bridgehead atoms. The van der Waals surface area contributed by atoms with Crippen molar-refractivity contribution in [1.29, 1.82) is 0 Å². The van der Waals surface area contributed by atoms with Crippen molar-refractivity contribution < 1.29 is 54.9 Å². The van der Waals surface area contributed by atoms with Crippen LogP contribution in [0.3, 0.4) is 0 Å². The Morgan fingerprint density at radius 3 is 1.86 bits per heavy atom. The molecule has 3 aromatic rings. The van der Waals surface area contributed by atoms with Crippen molar-refractivity contribution in [3.05, 3.63) is 83.4 Å². The van der Waals surface area contributed by atoms with Crippen molar-refractivity contribution in [2.45, 2.75) is 90.1 Å². The van der Waals surface area contributed by atoms with Crippen LogP contribution in [0.2, 0.25) is 0 Å². The molecule has 0 aliphatic heterocycles. The fourth-order valence-corrected chi connectivity index (χ4v) is 4.95. The van der Waals surface area contributed by atoms with Crippen LogP contribution in [0.15, 0.2) is 66.7 Å². The quantitative estimate of drug-likeness (QED) is 0.0538. The predicted octanol–water partition coefficient (Wildman–Crippen LogP) is 10.6. The van der Waals surface area contributed by atoms with Crippen LogP contribution in [0, 0.1) is 0 Å². The molecule has 6 nitrogen and oxygen atoms in total. The minimum atomic E-state index is -5.17. The van der Waals surface area contributed by atoms with E-state index < -0.39 is 53.7 Å². The van der Waals surface area contributed by atoms with Crippen molar-refractivity contribution in [1.82, 2.24) is 0 Å². The maximum absolute atomic E-state index is 13.9. The molecule has 0 N–H and O–H groups in total. The molecular formula is C37H42F6O6. The molecule has 49 heavy (non-hydrogen) atoms. The van der Waals surface area contributed by atoms with Crippen molar-refractivity contribution in [3.63, 3.8) is 0 Å². The summed E-state index contributed by atoms with van der Waals surface area (Å²) in [5.74, 6) is -2.61. The monoisotopic (exact) mass is 696 g/mol. The van der Waals surface area contributed by atoms with Crippen molar-refractivity contribution in [3.8, 4) is 22.6 Å². The third kappa shape index (κ3) is 13.1. The molecule has 3 rings (SSSR count). The number of alkyl halides is 6. The summed E-state index contributed by atoms with van der Waals surface area (Å²) in [5, 5.41) is 0. The van der Waals surface area contributed by atoms with Crippen molar-refractivity contribution >= 4 is 11.9 Å². The normalized spacial score (nSPS) is 12.4. The van der Waals surface area contributed by atoms with Gasteiger partial charge in [-0.3, -0.25) is 0 Å². The molecule has 0 aliphatic rings. The molecule has 0 fully saturated rings. The summed E-state index contributed by atoms with van der Waals surface area (Å²) >= 11 is 0. The second-order valence-corrected chi connectivity index (χ2v) is 11.4. The lowest BCUT2D eigenvalue weighted by atomic mass is 10.0. The third-order valence-corrected chi connectivity index (χ3v) is 7.63. The van der Waals surface area contributed by atoms with Crippen LogP contribution >= 0.6 is 0 Å². The van der Waals surface area contributed by atoms with Gasteiger partial charge in [0.25, 0.3) is 0 Å². The minimum Gasteiger partial charge on any atom is -0.494 e. The number of carbonyl (C=O) groups is 2. The summed E-state index contributed by atoms with van der Waals surface area (Å²) in [6.45, 7) is 4.69. The fourth-order valence-electron chi connectivity index (χ4n) is 4.95. The molecule has 0 radical (unpaired) electrons. The van der Waals surface area contributed by atoms with Crippen LogP contribution < -0.4 is 9.47 Å². The van der Waals surface area contributed by atoms with Gasteiger partial charge in [-0.15, -0.1) is 0 Å². The topological polar surface area (TPSA) is 71.1 Å². The first-order valence-corrected chi connectivity index (χ1v) is 16.5.